The van der Waals surface area contributed by atoms with Gasteiger partial charge in [-0.15, -0.1) is 0 Å². The third-order valence-corrected chi connectivity index (χ3v) is 5.21. The second-order valence-corrected chi connectivity index (χ2v) is 7.21. The highest BCUT2D eigenvalue weighted by Gasteiger charge is 2.34. The molecule has 3 nitrogen and oxygen atoms in total. The molecule has 2 aliphatic carbocycles. The number of pyridine rings is 1. The Kier molecular flexibility index (Phi) is 4.53. The molecule has 0 spiro atoms. The maximum Gasteiger partial charge on any atom is 0.270 e. The molecular weight excluding hydrogens is 339 g/mol. The molecule has 1 N–H and O–H groups in total. The van der Waals surface area contributed by atoms with Gasteiger partial charge in [0.1, 0.15) is 11.5 Å². The molecule has 1 atom stereocenters. The number of benzene rings is 1. The summed E-state index contributed by atoms with van der Waals surface area (Å²) in [6.07, 6.45) is 8.85. The molecule has 1 unspecified atom stereocenters. The van der Waals surface area contributed by atoms with Gasteiger partial charge in [-0.3, -0.25) is 4.79 Å². The van der Waals surface area contributed by atoms with Crippen molar-refractivity contribution in [3.8, 4) is 11.8 Å². The second-order valence-electron chi connectivity index (χ2n) is 7.21. The van der Waals surface area contributed by atoms with Crippen LogP contribution in [-0.2, 0) is 5.41 Å². The molecule has 27 heavy (non-hydrogen) atoms. The molecule has 0 saturated heterocycles. The Morgan fingerprint density at radius 2 is 2.11 bits per heavy atom. The van der Waals surface area contributed by atoms with Crippen molar-refractivity contribution in [2.24, 2.45) is 0 Å². The number of nitrogens with zero attached hydrogens (tertiary/aromatic N) is 1. The highest BCUT2D eigenvalue weighted by Crippen LogP contribution is 2.40. The number of aromatic nitrogens is 1. The summed E-state index contributed by atoms with van der Waals surface area (Å²) in [4.78, 5) is 16.4. The zero-order valence-electron chi connectivity index (χ0n) is 15.1. The van der Waals surface area contributed by atoms with Gasteiger partial charge in [-0.2, -0.15) is 0 Å². The van der Waals surface area contributed by atoms with E-state index in [1.165, 1.54) is 18.6 Å². The van der Waals surface area contributed by atoms with Crippen molar-refractivity contribution in [2.45, 2.75) is 37.6 Å². The lowest BCUT2D eigenvalue weighted by molar-refractivity contribution is 0.0912. The number of amides is 1. The van der Waals surface area contributed by atoms with Crippen LogP contribution in [0.15, 0.2) is 54.2 Å². The van der Waals surface area contributed by atoms with Crippen molar-refractivity contribution < 1.29 is 9.18 Å². The Balaban J connectivity index is 1.53. The summed E-state index contributed by atoms with van der Waals surface area (Å²) in [5, 5.41) is 2.97. The largest absolute Gasteiger partial charge is 0.348 e. The van der Waals surface area contributed by atoms with Crippen molar-refractivity contribution in [1.29, 1.82) is 0 Å². The fourth-order valence-electron chi connectivity index (χ4n) is 3.10. The molecule has 0 bridgehead atoms. The molecule has 135 valence electrons. The van der Waals surface area contributed by atoms with E-state index in [1.807, 2.05) is 25.5 Å². The first-order valence-electron chi connectivity index (χ1n) is 9.16. The lowest BCUT2D eigenvalue weighted by Crippen LogP contribution is -2.39. The van der Waals surface area contributed by atoms with Gasteiger partial charge in [0.2, 0.25) is 0 Å². The van der Waals surface area contributed by atoms with Gasteiger partial charge in [0.05, 0.1) is 5.41 Å². The van der Waals surface area contributed by atoms with Gasteiger partial charge < -0.3 is 5.32 Å². The number of carbonyl (C=O) groups excluding carboxylic acids is 1. The van der Waals surface area contributed by atoms with Crippen molar-refractivity contribution in [3.63, 3.8) is 0 Å². The standard InChI is InChI=1S/C23H20FN2O/c1-23(17-9-10-17,18-4-2-5-19(24)14-18)13-12-16-8-11-21(25-15-16)22(27)26-20-6-3-7-20/h2,4-5,8-11,14-15,20H,3,6-7H2,1H3,(H,26,27). The molecule has 1 aromatic heterocycles. The number of carbonyl (C=O) groups is 1. The van der Waals surface area contributed by atoms with Crippen LogP contribution in [0, 0.1) is 24.1 Å². The molecule has 4 rings (SSSR count). The Labute approximate surface area is 158 Å². The number of allylic oxidation sites excluding steroid dienone is 2. The Bertz CT molecular complexity index is 964. The first-order valence-corrected chi connectivity index (χ1v) is 9.16. The van der Waals surface area contributed by atoms with Crippen LogP contribution in [0.2, 0.25) is 0 Å². The lowest BCUT2D eigenvalue weighted by Gasteiger charge is -2.26. The number of hydrogen-bond acceptors (Lipinski definition) is 2. The number of rotatable bonds is 4. The van der Waals surface area contributed by atoms with Gasteiger partial charge in [0.15, 0.2) is 0 Å². The van der Waals surface area contributed by atoms with Crippen LogP contribution in [0.3, 0.4) is 0 Å². The SMILES string of the molecule is CC(C#Cc1ccc(C(=O)NC2CCC2)nc1)(C1=C[CH]1)c1cccc(F)c1. The van der Waals surface area contributed by atoms with Crippen LogP contribution in [0.25, 0.3) is 0 Å². The van der Waals surface area contributed by atoms with E-state index in [4.69, 9.17) is 0 Å². The van der Waals surface area contributed by atoms with E-state index in [0.717, 1.165) is 29.5 Å². The van der Waals surface area contributed by atoms with Crippen LogP contribution in [0.5, 0.6) is 0 Å². The molecular formula is C23H20FN2O. The topological polar surface area (TPSA) is 42.0 Å². The fraction of sp³-hybridized carbons (Fsp3) is 0.261. The maximum atomic E-state index is 13.7. The van der Waals surface area contributed by atoms with Crippen LogP contribution < -0.4 is 5.32 Å². The van der Waals surface area contributed by atoms with Crippen LogP contribution >= 0.6 is 0 Å². The highest BCUT2D eigenvalue weighted by molar-refractivity contribution is 5.92. The summed E-state index contributed by atoms with van der Waals surface area (Å²) in [5.74, 6) is 5.98. The van der Waals surface area contributed by atoms with Gasteiger partial charge in [-0.05, 0) is 61.6 Å². The molecule has 0 aliphatic heterocycles. The molecule has 1 aromatic carbocycles. The molecule has 1 radical (unpaired) electrons. The Morgan fingerprint density at radius 1 is 1.30 bits per heavy atom. The molecule has 4 heteroatoms. The number of hydrogen-bond donors (Lipinski definition) is 1. The van der Waals surface area contributed by atoms with Crippen molar-refractivity contribution in [1.82, 2.24) is 10.3 Å². The van der Waals surface area contributed by atoms with Gasteiger partial charge in [0, 0.05) is 24.2 Å². The molecule has 1 amide bonds. The van der Waals surface area contributed by atoms with Gasteiger partial charge >= 0.3 is 0 Å². The summed E-state index contributed by atoms with van der Waals surface area (Å²) in [7, 11) is 0. The lowest BCUT2D eigenvalue weighted by atomic mass is 9.80. The zero-order valence-corrected chi connectivity index (χ0v) is 15.1. The van der Waals surface area contributed by atoms with E-state index in [0.29, 0.717) is 5.69 Å². The summed E-state index contributed by atoms with van der Waals surface area (Å²) in [6.45, 7) is 1.98. The van der Waals surface area contributed by atoms with E-state index in [1.54, 1.807) is 24.4 Å². The Morgan fingerprint density at radius 3 is 2.70 bits per heavy atom. The maximum absolute atomic E-state index is 13.7. The van der Waals surface area contributed by atoms with Crippen LogP contribution in [0.1, 0.15) is 47.8 Å². The average Bonchev–Trinajstić information content (AvgIpc) is 3.48. The number of nitrogens with one attached hydrogen (secondary N) is 1. The normalized spacial score (nSPS) is 17.6. The van der Waals surface area contributed by atoms with E-state index < -0.39 is 5.41 Å². The van der Waals surface area contributed by atoms with E-state index in [2.05, 4.69) is 22.1 Å². The number of halogens is 1. The third-order valence-electron chi connectivity index (χ3n) is 5.21. The predicted molar refractivity (Wildman–Crippen MR) is 102 cm³/mol. The summed E-state index contributed by atoms with van der Waals surface area (Å²) in [6, 6.07) is 10.3. The summed E-state index contributed by atoms with van der Waals surface area (Å²) >= 11 is 0. The van der Waals surface area contributed by atoms with Gasteiger partial charge in [0.25, 0.3) is 5.91 Å². The molecule has 2 aromatic rings. The molecule has 1 saturated carbocycles. The molecule has 1 heterocycles. The fourth-order valence-corrected chi connectivity index (χ4v) is 3.10. The third kappa shape index (κ3) is 3.78. The first kappa shape index (κ1) is 17.5. The monoisotopic (exact) mass is 359 g/mol. The minimum atomic E-state index is -0.567. The smallest absolute Gasteiger partial charge is 0.270 e. The van der Waals surface area contributed by atoms with Crippen molar-refractivity contribution >= 4 is 5.91 Å². The summed E-state index contributed by atoms with van der Waals surface area (Å²) < 4.78 is 13.7. The van der Waals surface area contributed by atoms with E-state index >= 15 is 0 Å². The predicted octanol–water partition coefficient (Wildman–Crippen LogP) is 3.96. The first-order chi connectivity index (χ1) is 13.0. The van der Waals surface area contributed by atoms with Gasteiger partial charge in [-0.25, -0.2) is 9.37 Å². The minimum Gasteiger partial charge on any atom is -0.348 e. The van der Waals surface area contributed by atoms with Crippen LogP contribution in [-0.4, -0.2) is 16.9 Å². The average molecular weight is 359 g/mol. The van der Waals surface area contributed by atoms with Crippen molar-refractivity contribution in [2.75, 3.05) is 0 Å². The molecule has 2 aliphatic rings. The minimum absolute atomic E-state index is 0.137. The molecule has 1 fully saturated rings. The summed E-state index contributed by atoms with van der Waals surface area (Å²) in [5.41, 5.74) is 2.45. The van der Waals surface area contributed by atoms with Gasteiger partial charge in [-0.1, -0.05) is 30.0 Å². The quantitative estimate of drug-likeness (QED) is 0.840. The Hall–Kier alpha value is -2.93. The van der Waals surface area contributed by atoms with Crippen LogP contribution in [0.4, 0.5) is 4.39 Å². The van der Waals surface area contributed by atoms with E-state index in [-0.39, 0.29) is 17.8 Å². The highest BCUT2D eigenvalue weighted by atomic mass is 19.1. The second kappa shape index (κ2) is 7.00. The van der Waals surface area contributed by atoms with E-state index in [9.17, 15) is 9.18 Å². The van der Waals surface area contributed by atoms with Crippen molar-refractivity contribution in [3.05, 3.63) is 83.3 Å². The zero-order chi connectivity index (χ0) is 18.9.